The van der Waals surface area contributed by atoms with Crippen molar-refractivity contribution in [1.29, 1.82) is 0 Å². The van der Waals surface area contributed by atoms with Crippen molar-refractivity contribution < 1.29 is 13.2 Å². The number of hydrogen-bond donors (Lipinski definition) is 0. The van der Waals surface area contributed by atoms with Crippen molar-refractivity contribution in [3.63, 3.8) is 0 Å². The topological polar surface area (TPSA) is 3.24 Å². The molecule has 1 aliphatic rings. The van der Waals surface area contributed by atoms with E-state index in [4.69, 9.17) is 0 Å². The fourth-order valence-electron chi connectivity index (χ4n) is 2.98. The molecule has 0 spiro atoms. The maximum Gasteiger partial charge on any atom is 0.256 e. The fraction of sp³-hybridized carbons (Fsp3) is 0.143. The predicted molar refractivity (Wildman–Crippen MR) is 95.3 cm³/mol. The number of benzene rings is 2. The third kappa shape index (κ3) is 3.38. The molecule has 0 N–H and O–H groups in total. The molecule has 0 unspecified atom stereocenters. The second-order valence-corrected chi connectivity index (χ2v) is 5.88. The summed E-state index contributed by atoms with van der Waals surface area (Å²) in [6.07, 6.45) is -0.692. The molecule has 0 saturated heterocycles. The summed E-state index contributed by atoms with van der Waals surface area (Å²) in [4.78, 5) is 1.42. The van der Waals surface area contributed by atoms with Gasteiger partial charge in [0.1, 0.15) is 5.82 Å². The summed E-state index contributed by atoms with van der Waals surface area (Å²) in [6, 6.07) is 15.6. The van der Waals surface area contributed by atoms with Crippen LogP contribution in [0.25, 0.3) is 11.3 Å². The molecular formula is C21H18F3N. The molecule has 0 fully saturated rings. The Hall–Kier alpha value is -2.75. The van der Waals surface area contributed by atoms with Gasteiger partial charge in [0, 0.05) is 16.8 Å². The minimum atomic E-state index is -2.57. The van der Waals surface area contributed by atoms with Crippen LogP contribution in [0.4, 0.5) is 13.2 Å². The Balaban J connectivity index is 2.30. The number of hydrogen-bond acceptors (Lipinski definition) is 1. The average molecular weight is 341 g/mol. The highest BCUT2D eigenvalue weighted by Gasteiger charge is 2.28. The summed E-state index contributed by atoms with van der Waals surface area (Å²) in [5, 5.41) is 0. The first-order valence-corrected chi connectivity index (χ1v) is 7.97. The van der Waals surface area contributed by atoms with E-state index in [1.165, 1.54) is 11.0 Å². The zero-order valence-electron chi connectivity index (χ0n) is 13.8. The Kier molecular flexibility index (Phi) is 4.79. The zero-order valence-corrected chi connectivity index (χ0v) is 13.8. The molecule has 4 heteroatoms. The minimum absolute atomic E-state index is 0.284. The standard InChI is InChI=1S/C21H18F3N/c1-14-12-18(16-8-4-3-5-9-16)21(17-10-6-7-11-19(17)22)25(15(14)2)13-20(23)24/h3-12,20H,2,13H2,1H3. The van der Waals surface area contributed by atoms with Gasteiger partial charge in [-0.3, -0.25) is 0 Å². The fourth-order valence-corrected chi connectivity index (χ4v) is 2.98. The largest absolute Gasteiger partial charge is 0.335 e. The molecule has 1 aliphatic heterocycles. The Morgan fingerprint density at radius 1 is 1.00 bits per heavy atom. The molecule has 0 atom stereocenters. The van der Waals surface area contributed by atoms with Gasteiger partial charge in [-0.25, -0.2) is 13.2 Å². The van der Waals surface area contributed by atoms with Crippen molar-refractivity contribution in [1.82, 2.24) is 4.90 Å². The van der Waals surface area contributed by atoms with Gasteiger partial charge in [-0.1, -0.05) is 49.0 Å². The third-order valence-corrected chi connectivity index (χ3v) is 4.20. The van der Waals surface area contributed by atoms with Crippen LogP contribution in [0.15, 0.2) is 78.5 Å². The van der Waals surface area contributed by atoms with Gasteiger partial charge in [0.25, 0.3) is 6.43 Å². The monoisotopic (exact) mass is 341 g/mol. The normalized spacial score (nSPS) is 15.0. The van der Waals surface area contributed by atoms with Gasteiger partial charge in [-0.05, 0) is 36.3 Å². The van der Waals surface area contributed by atoms with Gasteiger partial charge >= 0.3 is 0 Å². The van der Waals surface area contributed by atoms with Gasteiger partial charge in [-0.2, -0.15) is 0 Å². The zero-order chi connectivity index (χ0) is 18.0. The van der Waals surface area contributed by atoms with E-state index in [9.17, 15) is 13.2 Å². The van der Waals surface area contributed by atoms with Crippen molar-refractivity contribution in [3.8, 4) is 0 Å². The predicted octanol–water partition coefficient (Wildman–Crippen LogP) is 5.73. The average Bonchev–Trinajstić information content (AvgIpc) is 2.60. The minimum Gasteiger partial charge on any atom is -0.335 e. The summed E-state index contributed by atoms with van der Waals surface area (Å²) in [5.41, 5.74) is 3.48. The van der Waals surface area contributed by atoms with Crippen LogP contribution in [0.1, 0.15) is 18.1 Å². The number of allylic oxidation sites excluding steroid dienone is 3. The van der Waals surface area contributed by atoms with E-state index in [-0.39, 0.29) is 5.56 Å². The summed E-state index contributed by atoms with van der Waals surface area (Å²) in [7, 11) is 0. The lowest BCUT2D eigenvalue weighted by Gasteiger charge is -2.35. The SMILES string of the molecule is C=C1C(C)=CC(c2ccccc2)=C(c2ccccc2F)N1CC(F)F. The third-order valence-electron chi connectivity index (χ3n) is 4.20. The maximum atomic E-state index is 14.5. The van der Waals surface area contributed by atoms with E-state index in [0.29, 0.717) is 17.0 Å². The molecule has 128 valence electrons. The number of nitrogens with zero attached hydrogens (tertiary/aromatic N) is 1. The first kappa shape index (κ1) is 17.1. The van der Waals surface area contributed by atoms with Gasteiger partial charge in [0.15, 0.2) is 0 Å². The van der Waals surface area contributed by atoms with Gasteiger partial charge in [0.05, 0.1) is 12.2 Å². The summed E-state index contributed by atoms with van der Waals surface area (Å²) in [5.74, 6) is -0.453. The molecule has 1 nitrogen and oxygen atoms in total. The van der Waals surface area contributed by atoms with Crippen LogP contribution in [-0.2, 0) is 0 Å². The van der Waals surface area contributed by atoms with Crippen LogP contribution in [0, 0.1) is 5.82 Å². The van der Waals surface area contributed by atoms with Crippen LogP contribution in [0.3, 0.4) is 0 Å². The van der Waals surface area contributed by atoms with Crippen molar-refractivity contribution >= 4 is 11.3 Å². The number of rotatable bonds is 4. The second kappa shape index (κ2) is 7.01. The van der Waals surface area contributed by atoms with Crippen LogP contribution < -0.4 is 0 Å². The molecular weight excluding hydrogens is 323 g/mol. The number of alkyl halides is 2. The summed E-state index contributed by atoms with van der Waals surface area (Å²) >= 11 is 0. The highest BCUT2D eigenvalue weighted by Crippen LogP contribution is 2.40. The van der Waals surface area contributed by atoms with E-state index in [2.05, 4.69) is 6.58 Å². The van der Waals surface area contributed by atoms with Crippen molar-refractivity contribution in [2.75, 3.05) is 6.54 Å². The highest BCUT2D eigenvalue weighted by atomic mass is 19.3. The van der Waals surface area contributed by atoms with Gasteiger partial charge < -0.3 is 4.90 Å². The Morgan fingerprint density at radius 3 is 2.28 bits per heavy atom. The van der Waals surface area contributed by atoms with Crippen molar-refractivity contribution in [2.45, 2.75) is 13.3 Å². The Labute approximate surface area is 145 Å². The van der Waals surface area contributed by atoms with Gasteiger partial charge in [0.2, 0.25) is 0 Å². The van der Waals surface area contributed by atoms with Crippen LogP contribution in [0.5, 0.6) is 0 Å². The van der Waals surface area contributed by atoms with E-state index >= 15 is 0 Å². The lowest BCUT2D eigenvalue weighted by Crippen LogP contribution is -2.30. The van der Waals surface area contributed by atoms with E-state index in [0.717, 1.165) is 11.1 Å². The molecule has 0 aliphatic carbocycles. The first-order chi connectivity index (χ1) is 12.0. The van der Waals surface area contributed by atoms with Crippen LogP contribution >= 0.6 is 0 Å². The molecule has 1 heterocycles. The lowest BCUT2D eigenvalue weighted by molar-refractivity contribution is 0.123. The van der Waals surface area contributed by atoms with Crippen LogP contribution in [-0.4, -0.2) is 17.9 Å². The van der Waals surface area contributed by atoms with E-state index < -0.39 is 18.8 Å². The molecule has 0 radical (unpaired) electrons. The van der Waals surface area contributed by atoms with Crippen molar-refractivity contribution in [2.24, 2.45) is 0 Å². The number of halogens is 3. The molecule has 0 aromatic heterocycles. The molecule has 0 saturated carbocycles. The first-order valence-electron chi connectivity index (χ1n) is 7.97. The summed E-state index contributed by atoms with van der Waals surface area (Å²) < 4.78 is 40.9. The maximum absolute atomic E-state index is 14.5. The van der Waals surface area contributed by atoms with E-state index in [1.54, 1.807) is 18.2 Å². The molecule has 3 rings (SSSR count). The smallest absolute Gasteiger partial charge is 0.256 e. The molecule has 25 heavy (non-hydrogen) atoms. The quantitative estimate of drug-likeness (QED) is 0.686. The molecule has 2 aromatic carbocycles. The highest BCUT2D eigenvalue weighted by molar-refractivity contribution is 5.97. The van der Waals surface area contributed by atoms with Crippen molar-refractivity contribution in [3.05, 3.63) is 95.5 Å². The van der Waals surface area contributed by atoms with Crippen LogP contribution in [0.2, 0.25) is 0 Å². The van der Waals surface area contributed by atoms with Gasteiger partial charge in [-0.15, -0.1) is 0 Å². The Morgan fingerprint density at radius 2 is 1.64 bits per heavy atom. The second-order valence-electron chi connectivity index (χ2n) is 5.88. The van der Waals surface area contributed by atoms with E-state index in [1.807, 2.05) is 43.3 Å². The molecule has 0 amide bonds. The Bertz CT molecular complexity index is 850. The lowest BCUT2D eigenvalue weighted by atomic mass is 9.92. The molecule has 0 bridgehead atoms. The molecule has 2 aromatic rings. The summed E-state index contributed by atoms with van der Waals surface area (Å²) in [6.45, 7) is 5.21.